The Labute approximate surface area is 90.4 Å². The number of carbonyl (C=O) groups excluding carboxylic acids is 2. The van der Waals surface area contributed by atoms with Crippen LogP contribution < -0.4 is 11.1 Å². The SMILES string of the molecule is COC(=O)C(C)(C)NC(=O)C(C)C(C)N. The Morgan fingerprint density at radius 2 is 1.80 bits per heavy atom. The maximum Gasteiger partial charge on any atom is 0.330 e. The van der Waals surface area contributed by atoms with Gasteiger partial charge in [0, 0.05) is 12.0 Å². The molecule has 0 aliphatic rings. The lowest BCUT2D eigenvalue weighted by atomic mass is 10.00. The molecule has 0 rings (SSSR count). The maximum absolute atomic E-state index is 11.6. The summed E-state index contributed by atoms with van der Waals surface area (Å²) < 4.78 is 4.57. The standard InChI is InChI=1S/C10H20N2O3/c1-6(7(2)11)8(13)12-10(3,4)9(14)15-5/h6-7H,11H2,1-5H3,(H,12,13). The Balaban J connectivity index is 4.47. The highest BCUT2D eigenvalue weighted by molar-refractivity contribution is 5.88. The zero-order valence-electron chi connectivity index (χ0n) is 9.96. The second-order valence-electron chi connectivity index (χ2n) is 4.25. The number of esters is 1. The lowest BCUT2D eigenvalue weighted by Gasteiger charge is -2.26. The third-order valence-corrected chi connectivity index (χ3v) is 2.33. The largest absolute Gasteiger partial charge is 0.467 e. The minimum atomic E-state index is -1.02. The summed E-state index contributed by atoms with van der Waals surface area (Å²) in [5, 5.41) is 2.59. The monoisotopic (exact) mass is 216 g/mol. The zero-order valence-corrected chi connectivity index (χ0v) is 9.96. The molecule has 0 aromatic carbocycles. The molecule has 0 saturated heterocycles. The summed E-state index contributed by atoms with van der Waals surface area (Å²) in [6.07, 6.45) is 0. The van der Waals surface area contributed by atoms with Crippen molar-refractivity contribution in [1.82, 2.24) is 5.32 Å². The molecule has 0 heterocycles. The van der Waals surface area contributed by atoms with Gasteiger partial charge in [-0.1, -0.05) is 6.92 Å². The van der Waals surface area contributed by atoms with E-state index >= 15 is 0 Å². The molecule has 0 radical (unpaired) electrons. The molecule has 0 aliphatic carbocycles. The van der Waals surface area contributed by atoms with Gasteiger partial charge in [0.25, 0.3) is 0 Å². The van der Waals surface area contributed by atoms with Crippen LogP contribution in [0.15, 0.2) is 0 Å². The summed E-state index contributed by atoms with van der Waals surface area (Å²) in [6.45, 7) is 6.64. The van der Waals surface area contributed by atoms with E-state index in [2.05, 4.69) is 10.1 Å². The third kappa shape index (κ3) is 3.87. The molecule has 88 valence electrons. The van der Waals surface area contributed by atoms with E-state index < -0.39 is 11.5 Å². The minimum Gasteiger partial charge on any atom is -0.467 e. The molecule has 15 heavy (non-hydrogen) atoms. The number of carbonyl (C=O) groups is 2. The molecule has 5 heteroatoms. The molecule has 0 saturated carbocycles. The van der Waals surface area contributed by atoms with Crippen LogP contribution in [0.5, 0.6) is 0 Å². The van der Waals surface area contributed by atoms with Crippen LogP contribution in [0, 0.1) is 5.92 Å². The van der Waals surface area contributed by atoms with Gasteiger partial charge in [-0.15, -0.1) is 0 Å². The van der Waals surface area contributed by atoms with Crippen molar-refractivity contribution >= 4 is 11.9 Å². The topological polar surface area (TPSA) is 81.4 Å². The van der Waals surface area contributed by atoms with Gasteiger partial charge >= 0.3 is 5.97 Å². The number of nitrogens with two attached hydrogens (primary N) is 1. The second-order valence-corrected chi connectivity index (χ2v) is 4.25. The molecular weight excluding hydrogens is 196 g/mol. The Hall–Kier alpha value is -1.10. The fourth-order valence-electron chi connectivity index (χ4n) is 0.967. The van der Waals surface area contributed by atoms with Crippen molar-refractivity contribution in [3.8, 4) is 0 Å². The molecule has 0 aromatic rings. The number of rotatable bonds is 4. The summed E-state index contributed by atoms with van der Waals surface area (Å²) in [7, 11) is 1.28. The molecule has 0 spiro atoms. The average Bonchev–Trinajstić information content (AvgIpc) is 2.14. The first-order valence-corrected chi connectivity index (χ1v) is 4.88. The van der Waals surface area contributed by atoms with Gasteiger partial charge < -0.3 is 15.8 Å². The van der Waals surface area contributed by atoms with E-state index in [4.69, 9.17) is 5.73 Å². The van der Waals surface area contributed by atoms with Gasteiger partial charge in [-0.3, -0.25) is 4.79 Å². The molecule has 0 bridgehead atoms. The van der Waals surface area contributed by atoms with Crippen LogP contribution in [0.25, 0.3) is 0 Å². The molecule has 3 N–H and O–H groups in total. The van der Waals surface area contributed by atoms with E-state index in [-0.39, 0.29) is 17.9 Å². The van der Waals surface area contributed by atoms with Gasteiger partial charge in [0.05, 0.1) is 7.11 Å². The van der Waals surface area contributed by atoms with Crippen LogP contribution in [0.4, 0.5) is 0 Å². The number of hydrogen-bond donors (Lipinski definition) is 2. The Kier molecular flexibility index (Phi) is 4.74. The highest BCUT2D eigenvalue weighted by Gasteiger charge is 2.32. The quantitative estimate of drug-likeness (QED) is 0.650. The van der Waals surface area contributed by atoms with Crippen LogP contribution >= 0.6 is 0 Å². The van der Waals surface area contributed by atoms with Gasteiger partial charge in [-0.25, -0.2) is 4.79 Å². The summed E-state index contributed by atoms with van der Waals surface area (Å²) in [6, 6.07) is -0.251. The van der Waals surface area contributed by atoms with E-state index in [0.29, 0.717) is 0 Å². The first-order chi connectivity index (χ1) is 6.72. The van der Waals surface area contributed by atoms with Crippen LogP contribution in [0.2, 0.25) is 0 Å². The number of methoxy groups -OCH3 is 1. The fraction of sp³-hybridized carbons (Fsp3) is 0.800. The zero-order chi connectivity index (χ0) is 12.2. The molecular formula is C10H20N2O3. The third-order valence-electron chi connectivity index (χ3n) is 2.33. The molecule has 0 aliphatic heterocycles. The predicted octanol–water partition coefficient (Wildman–Crippen LogP) is 0.0375. The molecule has 2 unspecified atom stereocenters. The van der Waals surface area contributed by atoms with Crippen molar-refractivity contribution in [2.45, 2.75) is 39.3 Å². The van der Waals surface area contributed by atoms with Crippen molar-refractivity contribution in [2.24, 2.45) is 11.7 Å². The van der Waals surface area contributed by atoms with Crippen LogP contribution in [-0.4, -0.2) is 30.6 Å². The van der Waals surface area contributed by atoms with Gasteiger partial charge in [-0.05, 0) is 20.8 Å². The first kappa shape index (κ1) is 13.9. The van der Waals surface area contributed by atoms with E-state index in [0.717, 1.165) is 0 Å². The first-order valence-electron chi connectivity index (χ1n) is 4.88. The summed E-state index contributed by atoms with van der Waals surface area (Å²) in [5.74, 6) is -1.07. The number of hydrogen-bond acceptors (Lipinski definition) is 4. The van der Waals surface area contributed by atoms with Crippen LogP contribution in [0.3, 0.4) is 0 Å². The van der Waals surface area contributed by atoms with Crippen LogP contribution in [-0.2, 0) is 14.3 Å². The van der Waals surface area contributed by atoms with Crippen molar-refractivity contribution in [2.75, 3.05) is 7.11 Å². The van der Waals surface area contributed by atoms with Gasteiger partial charge in [-0.2, -0.15) is 0 Å². The summed E-state index contributed by atoms with van der Waals surface area (Å²) in [4.78, 5) is 22.9. The van der Waals surface area contributed by atoms with E-state index in [9.17, 15) is 9.59 Å². The van der Waals surface area contributed by atoms with Crippen molar-refractivity contribution in [3.05, 3.63) is 0 Å². The van der Waals surface area contributed by atoms with Crippen LogP contribution in [0.1, 0.15) is 27.7 Å². The molecule has 5 nitrogen and oxygen atoms in total. The second kappa shape index (κ2) is 5.11. The number of amides is 1. The van der Waals surface area contributed by atoms with Crippen molar-refractivity contribution in [1.29, 1.82) is 0 Å². The lowest BCUT2D eigenvalue weighted by Crippen LogP contribution is -2.53. The smallest absolute Gasteiger partial charge is 0.330 e. The highest BCUT2D eigenvalue weighted by Crippen LogP contribution is 2.08. The number of ether oxygens (including phenoxy) is 1. The van der Waals surface area contributed by atoms with E-state index in [1.807, 2.05) is 0 Å². The van der Waals surface area contributed by atoms with E-state index in [1.165, 1.54) is 7.11 Å². The Bertz CT molecular complexity index is 249. The Morgan fingerprint density at radius 3 is 2.13 bits per heavy atom. The van der Waals surface area contributed by atoms with Gasteiger partial charge in [0.1, 0.15) is 5.54 Å². The maximum atomic E-state index is 11.6. The van der Waals surface area contributed by atoms with Gasteiger partial charge in [0.15, 0.2) is 0 Å². The highest BCUT2D eigenvalue weighted by atomic mass is 16.5. The summed E-state index contributed by atoms with van der Waals surface area (Å²) >= 11 is 0. The fourth-order valence-corrected chi connectivity index (χ4v) is 0.967. The molecule has 0 fully saturated rings. The van der Waals surface area contributed by atoms with E-state index in [1.54, 1.807) is 27.7 Å². The minimum absolute atomic E-state index is 0.250. The molecule has 0 aromatic heterocycles. The lowest BCUT2D eigenvalue weighted by molar-refractivity contribution is -0.149. The normalized spacial score (nSPS) is 15.3. The van der Waals surface area contributed by atoms with Gasteiger partial charge in [0.2, 0.25) is 5.91 Å². The predicted molar refractivity (Wildman–Crippen MR) is 57.1 cm³/mol. The van der Waals surface area contributed by atoms with Crippen molar-refractivity contribution < 1.29 is 14.3 Å². The molecule has 1 amide bonds. The molecule has 2 atom stereocenters. The number of nitrogens with one attached hydrogen (secondary N) is 1. The Morgan fingerprint density at radius 1 is 1.33 bits per heavy atom. The summed E-state index contributed by atoms with van der Waals surface area (Å²) in [5.41, 5.74) is 4.57. The van der Waals surface area contributed by atoms with Crippen molar-refractivity contribution in [3.63, 3.8) is 0 Å². The average molecular weight is 216 g/mol.